The lowest BCUT2D eigenvalue weighted by molar-refractivity contribution is 0.0951. The van der Waals surface area contributed by atoms with E-state index >= 15 is 0 Å². The Hall–Kier alpha value is -2.63. The number of carbonyl (C=O) groups is 1. The second-order valence-electron chi connectivity index (χ2n) is 5.47. The Bertz CT molecular complexity index is 786. The number of benzene rings is 1. The van der Waals surface area contributed by atoms with E-state index in [9.17, 15) is 4.79 Å². The molecule has 0 aliphatic rings. The monoisotopic (exact) mass is 312 g/mol. The molecular weight excluding hydrogens is 292 g/mol. The minimum Gasteiger partial charge on any atom is -0.361 e. The van der Waals surface area contributed by atoms with Crippen molar-refractivity contribution in [3.05, 3.63) is 47.1 Å². The van der Waals surface area contributed by atoms with E-state index in [-0.39, 0.29) is 5.91 Å². The summed E-state index contributed by atoms with van der Waals surface area (Å²) in [6.45, 7) is 4.30. The molecule has 0 atom stereocenters. The smallest absolute Gasteiger partial charge is 0.256 e. The fourth-order valence-corrected chi connectivity index (χ4v) is 2.62. The van der Waals surface area contributed by atoms with Gasteiger partial charge in [-0.3, -0.25) is 4.79 Å². The highest BCUT2D eigenvalue weighted by Crippen LogP contribution is 2.14. The molecule has 6 nitrogen and oxygen atoms in total. The van der Waals surface area contributed by atoms with Crippen LogP contribution in [0.4, 0.5) is 0 Å². The molecule has 0 saturated heterocycles. The number of amides is 1. The normalized spacial score (nSPS) is 11.0. The number of fused-ring (bicyclic) bond motifs is 1. The zero-order valence-corrected chi connectivity index (χ0v) is 13.3. The summed E-state index contributed by atoms with van der Waals surface area (Å²) in [6.07, 6.45) is 2.29. The molecule has 0 aliphatic carbocycles. The van der Waals surface area contributed by atoms with E-state index in [1.165, 1.54) is 0 Å². The van der Waals surface area contributed by atoms with Crippen LogP contribution in [0.3, 0.4) is 0 Å². The van der Waals surface area contributed by atoms with Crippen LogP contribution in [0, 0.1) is 6.92 Å². The number of hydrogen-bond acceptors (Lipinski definition) is 4. The zero-order valence-electron chi connectivity index (χ0n) is 13.3. The second kappa shape index (κ2) is 6.64. The molecule has 2 aromatic heterocycles. The van der Waals surface area contributed by atoms with Crippen molar-refractivity contribution in [3.8, 4) is 0 Å². The van der Waals surface area contributed by atoms with Crippen molar-refractivity contribution in [1.29, 1.82) is 0 Å². The third-order valence-electron chi connectivity index (χ3n) is 3.81. The first-order valence-corrected chi connectivity index (χ1v) is 7.86. The average molecular weight is 312 g/mol. The van der Waals surface area contributed by atoms with Crippen molar-refractivity contribution in [2.24, 2.45) is 0 Å². The van der Waals surface area contributed by atoms with Crippen LogP contribution in [-0.4, -0.2) is 27.6 Å². The van der Waals surface area contributed by atoms with Gasteiger partial charge in [0, 0.05) is 13.0 Å². The van der Waals surface area contributed by atoms with E-state index in [1.54, 1.807) is 6.92 Å². The molecule has 6 heteroatoms. The number of para-hydroxylation sites is 2. The molecule has 2 heterocycles. The Morgan fingerprint density at radius 2 is 2.17 bits per heavy atom. The summed E-state index contributed by atoms with van der Waals surface area (Å²) >= 11 is 0. The first-order chi connectivity index (χ1) is 11.2. The summed E-state index contributed by atoms with van der Waals surface area (Å²) in [5.41, 5.74) is 3.28. The number of aromatic nitrogens is 3. The summed E-state index contributed by atoms with van der Waals surface area (Å²) in [4.78, 5) is 20.0. The van der Waals surface area contributed by atoms with Gasteiger partial charge in [0.15, 0.2) is 0 Å². The lowest BCUT2D eigenvalue weighted by atomic mass is 10.1. The van der Waals surface area contributed by atoms with Gasteiger partial charge in [-0.25, -0.2) is 4.98 Å². The van der Waals surface area contributed by atoms with Gasteiger partial charge in [-0.2, -0.15) is 0 Å². The molecule has 0 radical (unpaired) electrons. The minimum atomic E-state index is -0.120. The van der Waals surface area contributed by atoms with Crippen LogP contribution in [-0.2, 0) is 12.8 Å². The number of imidazole rings is 1. The molecule has 0 aliphatic heterocycles. The number of aryl methyl sites for hydroxylation is 3. The fourth-order valence-electron chi connectivity index (χ4n) is 2.62. The average Bonchev–Trinajstić information content (AvgIpc) is 3.13. The Kier molecular flexibility index (Phi) is 4.41. The first-order valence-electron chi connectivity index (χ1n) is 7.86. The quantitative estimate of drug-likeness (QED) is 0.686. The molecule has 3 rings (SSSR count). The van der Waals surface area contributed by atoms with Crippen LogP contribution in [0.2, 0.25) is 0 Å². The van der Waals surface area contributed by atoms with E-state index < -0.39 is 0 Å². The molecule has 0 unspecified atom stereocenters. The van der Waals surface area contributed by atoms with Gasteiger partial charge in [-0.05, 0) is 31.9 Å². The third kappa shape index (κ3) is 3.26. The first kappa shape index (κ1) is 15.3. The number of aromatic amines is 1. The standard InChI is InChI=1S/C17H20N4O2/c1-3-12-16(11(2)23-21-12)17(22)18-10-6-9-15-19-13-7-4-5-8-14(13)20-15/h4-5,7-8H,3,6,9-10H2,1-2H3,(H,18,22)(H,19,20). The summed E-state index contributed by atoms with van der Waals surface area (Å²) < 4.78 is 5.09. The molecule has 0 spiro atoms. The Labute approximate surface area is 134 Å². The molecule has 0 bridgehead atoms. The van der Waals surface area contributed by atoms with Crippen molar-refractivity contribution < 1.29 is 9.32 Å². The number of rotatable bonds is 6. The zero-order chi connectivity index (χ0) is 16.2. The van der Waals surface area contributed by atoms with Crippen LogP contribution < -0.4 is 5.32 Å². The number of nitrogens with zero attached hydrogens (tertiary/aromatic N) is 2. The highest BCUT2D eigenvalue weighted by atomic mass is 16.5. The second-order valence-corrected chi connectivity index (χ2v) is 5.47. The Morgan fingerprint density at radius 3 is 2.96 bits per heavy atom. The van der Waals surface area contributed by atoms with Crippen molar-refractivity contribution in [1.82, 2.24) is 20.4 Å². The van der Waals surface area contributed by atoms with Crippen molar-refractivity contribution >= 4 is 16.9 Å². The van der Waals surface area contributed by atoms with Gasteiger partial charge in [-0.15, -0.1) is 0 Å². The van der Waals surface area contributed by atoms with Gasteiger partial charge >= 0.3 is 0 Å². The minimum absolute atomic E-state index is 0.120. The van der Waals surface area contributed by atoms with E-state index in [4.69, 9.17) is 4.52 Å². The molecule has 120 valence electrons. The molecule has 2 N–H and O–H groups in total. The maximum absolute atomic E-state index is 12.2. The summed E-state index contributed by atoms with van der Waals surface area (Å²) in [6, 6.07) is 7.95. The van der Waals surface area contributed by atoms with Gasteiger partial charge < -0.3 is 14.8 Å². The van der Waals surface area contributed by atoms with E-state index in [0.29, 0.717) is 30.0 Å². The molecule has 1 amide bonds. The van der Waals surface area contributed by atoms with Crippen LogP contribution in [0.15, 0.2) is 28.8 Å². The molecule has 23 heavy (non-hydrogen) atoms. The number of hydrogen-bond donors (Lipinski definition) is 2. The summed E-state index contributed by atoms with van der Waals surface area (Å²) in [5, 5.41) is 6.83. The van der Waals surface area contributed by atoms with E-state index in [0.717, 1.165) is 29.7 Å². The number of carbonyl (C=O) groups excluding carboxylic acids is 1. The van der Waals surface area contributed by atoms with Crippen molar-refractivity contribution in [3.63, 3.8) is 0 Å². The van der Waals surface area contributed by atoms with Gasteiger partial charge in [0.1, 0.15) is 17.1 Å². The van der Waals surface area contributed by atoms with Gasteiger partial charge in [-0.1, -0.05) is 24.2 Å². The van der Waals surface area contributed by atoms with E-state index in [2.05, 4.69) is 20.4 Å². The predicted molar refractivity (Wildman–Crippen MR) is 87.4 cm³/mol. The molecule has 0 fully saturated rings. The number of H-pyrrole nitrogens is 1. The predicted octanol–water partition coefficient (Wildman–Crippen LogP) is 2.78. The molecule has 3 aromatic rings. The number of nitrogens with one attached hydrogen (secondary N) is 2. The van der Waals surface area contributed by atoms with Crippen molar-refractivity contribution in [2.45, 2.75) is 33.1 Å². The summed E-state index contributed by atoms with van der Waals surface area (Å²) in [7, 11) is 0. The maximum atomic E-state index is 12.2. The highest BCUT2D eigenvalue weighted by Gasteiger charge is 2.18. The van der Waals surface area contributed by atoms with Gasteiger partial charge in [0.2, 0.25) is 0 Å². The Balaban J connectivity index is 1.53. The van der Waals surface area contributed by atoms with Gasteiger partial charge in [0.05, 0.1) is 16.7 Å². The molecule has 1 aromatic carbocycles. The van der Waals surface area contributed by atoms with Crippen LogP contribution >= 0.6 is 0 Å². The van der Waals surface area contributed by atoms with Crippen LogP contribution in [0.25, 0.3) is 11.0 Å². The highest BCUT2D eigenvalue weighted by molar-refractivity contribution is 5.96. The van der Waals surface area contributed by atoms with Crippen LogP contribution in [0.5, 0.6) is 0 Å². The lowest BCUT2D eigenvalue weighted by Crippen LogP contribution is -2.26. The van der Waals surface area contributed by atoms with Gasteiger partial charge in [0.25, 0.3) is 5.91 Å². The lowest BCUT2D eigenvalue weighted by Gasteiger charge is -2.04. The topological polar surface area (TPSA) is 83.8 Å². The fraction of sp³-hybridized carbons (Fsp3) is 0.353. The largest absolute Gasteiger partial charge is 0.361 e. The molecular formula is C17H20N4O2. The maximum Gasteiger partial charge on any atom is 0.256 e. The van der Waals surface area contributed by atoms with E-state index in [1.807, 2.05) is 31.2 Å². The Morgan fingerprint density at radius 1 is 1.35 bits per heavy atom. The summed E-state index contributed by atoms with van der Waals surface area (Å²) in [5.74, 6) is 1.39. The molecule has 0 saturated carbocycles. The SMILES string of the molecule is CCc1noc(C)c1C(=O)NCCCc1nc2ccccc2[nH]1. The van der Waals surface area contributed by atoms with Crippen molar-refractivity contribution in [2.75, 3.05) is 6.54 Å². The van der Waals surface area contributed by atoms with Crippen LogP contribution in [0.1, 0.15) is 41.0 Å². The third-order valence-corrected chi connectivity index (χ3v) is 3.81.